The first-order chi connectivity index (χ1) is 11.0. The first-order valence-corrected chi connectivity index (χ1v) is 10.2. The number of likely N-dealkylation sites (tertiary alicyclic amines) is 1. The van der Waals surface area contributed by atoms with Crippen molar-refractivity contribution in [2.75, 3.05) is 13.1 Å². The molecule has 1 atom stereocenters. The minimum atomic E-state index is -0.412. The van der Waals surface area contributed by atoms with Gasteiger partial charge in [-0.15, -0.1) is 0 Å². The molecule has 1 aliphatic carbocycles. The van der Waals surface area contributed by atoms with Gasteiger partial charge in [0.05, 0.1) is 0 Å². The minimum absolute atomic E-state index is 0.151. The van der Waals surface area contributed by atoms with E-state index in [1.54, 1.807) is 0 Å². The van der Waals surface area contributed by atoms with Gasteiger partial charge in [0.2, 0.25) is 0 Å². The summed E-state index contributed by atoms with van der Waals surface area (Å²) in [4.78, 5) is 14.2. The van der Waals surface area contributed by atoms with Gasteiger partial charge in [0.1, 0.15) is 5.60 Å². The van der Waals surface area contributed by atoms with E-state index in [1.165, 1.54) is 25.7 Å². The molecule has 0 aromatic heterocycles. The van der Waals surface area contributed by atoms with Crippen molar-refractivity contribution in [2.45, 2.75) is 96.5 Å². The molecule has 0 radical (unpaired) electrons. The molecule has 1 heterocycles. The van der Waals surface area contributed by atoms with Crippen LogP contribution in [0, 0.1) is 5.41 Å². The molecule has 4 nitrogen and oxygen atoms in total. The number of carbonyl (C=O) groups is 1. The Morgan fingerprint density at radius 3 is 2.25 bits per heavy atom. The fourth-order valence-electron chi connectivity index (χ4n) is 3.80. The summed E-state index contributed by atoms with van der Waals surface area (Å²) in [5.74, 6) is 0. The van der Waals surface area contributed by atoms with Crippen molar-refractivity contribution in [1.29, 1.82) is 0 Å². The number of carbonyl (C=O) groups excluding carboxylic acids is 1. The van der Waals surface area contributed by atoms with Crippen LogP contribution in [0.15, 0.2) is 0 Å². The molecule has 1 spiro atoms. The lowest BCUT2D eigenvalue weighted by molar-refractivity contribution is -0.00118. The largest absolute Gasteiger partial charge is 0.444 e. The van der Waals surface area contributed by atoms with E-state index >= 15 is 0 Å². The van der Waals surface area contributed by atoms with E-state index in [0.29, 0.717) is 11.5 Å². The Hall–Kier alpha value is -0.420. The molecule has 5 heteroatoms. The second-order valence-electron chi connectivity index (χ2n) is 9.46. The third-order valence-electron chi connectivity index (χ3n) is 5.07. The maximum absolute atomic E-state index is 12.3. The zero-order chi connectivity index (χ0) is 18.0. The van der Waals surface area contributed by atoms with Crippen molar-refractivity contribution in [3.8, 4) is 0 Å². The molecule has 1 N–H and O–H groups in total. The van der Waals surface area contributed by atoms with Crippen LogP contribution in [-0.4, -0.2) is 40.5 Å². The predicted molar refractivity (Wildman–Crippen MR) is 102 cm³/mol. The molecule has 1 saturated heterocycles. The van der Waals surface area contributed by atoms with Gasteiger partial charge in [-0.25, -0.2) is 4.79 Å². The normalized spacial score (nSPS) is 24.9. The number of amides is 1. The number of ether oxygens (including phenoxy) is 1. The van der Waals surface area contributed by atoms with Crippen LogP contribution in [0.1, 0.15) is 80.1 Å². The highest BCUT2D eigenvalue weighted by molar-refractivity contribution is 7.98. The van der Waals surface area contributed by atoms with Gasteiger partial charge in [-0.1, -0.05) is 24.8 Å². The number of rotatable bonds is 2. The van der Waals surface area contributed by atoms with E-state index in [2.05, 4.69) is 25.5 Å². The van der Waals surface area contributed by atoms with Crippen molar-refractivity contribution in [1.82, 2.24) is 9.62 Å². The van der Waals surface area contributed by atoms with Crippen molar-refractivity contribution < 1.29 is 9.53 Å². The standard InChI is InChI=1S/C19H36N2O2S/c1-17(2,3)23-16(22)21-13-11-19(12-14-21)10-8-7-9-15(19)20-24-18(4,5)6/h15,20H,7-14H2,1-6H3. The van der Waals surface area contributed by atoms with E-state index in [1.807, 2.05) is 37.6 Å². The van der Waals surface area contributed by atoms with E-state index in [9.17, 15) is 4.79 Å². The third kappa shape index (κ3) is 5.55. The molecular weight excluding hydrogens is 320 g/mol. The highest BCUT2D eigenvalue weighted by Crippen LogP contribution is 2.46. The predicted octanol–water partition coefficient (Wildman–Crippen LogP) is 4.98. The van der Waals surface area contributed by atoms with Gasteiger partial charge in [-0.3, -0.25) is 4.72 Å². The summed E-state index contributed by atoms with van der Waals surface area (Å²) in [6.45, 7) is 14.2. The highest BCUT2D eigenvalue weighted by Gasteiger charge is 2.44. The molecule has 140 valence electrons. The van der Waals surface area contributed by atoms with E-state index in [-0.39, 0.29) is 10.8 Å². The summed E-state index contributed by atoms with van der Waals surface area (Å²) < 4.78 is 9.56. The first kappa shape index (κ1) is 19.9. The van der Waals surface area contributed by atoms with Crippen molar-refractivity contribution >= 4 is 18.0 Å². The Bertz CT molecular complexity index is 432. The molecule has 0 aromatic rings. The molecule has 2 fully saturated rings. The van der Waals surface area contributed by atoms with Gasteiger partial charge in [0.25, 0.3) is 0 Å². The Balaban J connectivity index is 1.94. The van der Waals surface area contributed by atoms with Gasteiger partial charge < -0.3 is 9.64 Å². The third-order valence-corrected chi connectivity index (χ3v) is 6.09. The molecule has 2 aliphatic rings. The SMILES string of the molecule is CC(C)(C)OC(=O)N1CCC2(CCCCC2NSC(C)(C)C)CC1. The molecule has 1 saturated carbocycles. The minimum Gasteiger partial charge on any atom is -0.444 e. The number of nitrogens with zero attached hydrogens (tertiary/aromatic N) is 1. The summed E-state index contributed by atoms with van der Waals surface area (Å²) in [7, 11) is 0. The summed E-state index contributed by atoms with van der Waals surface area (Å²) >= 11 is 1.87. The molecule has 0 aromatic carbocycles. The molecule has 1 aliphatic heterocycles. The van der Waals surface area contributed by atoms with Gasteiger partial charge in [0, 0.05) is 23.9 Å². The molecular formula is C19H36N2O2S. The van der Waals surface area contributed by atoms with Gasteiger partial charge in [-0.05, 0) is 72.6 Å². The summed E-state index contributed by atoms with van der Waals surface area (Å²) in [6, 6.07) is 0.566. The smallest absolute Gasteiger partial charge is 0.410 e. The number of hydrogen-bond acceptors (Lipinski definition) is 4. The van der Waals surface area contributed by atoms with Crippen LogP contribution in [-0.2, 0) is 4.74 Å². The van der Waals surface area contributed by atoms with Crippen LogP contribution >= 0.6 is 11.9 Å². The lowest BCUT2D eigenvalue weighted by Crippen LogP contribution is -2.53. The first-order valence-electron chi connectivity index (χ1n) is 9.42. The van der Waals surface area contributed by atoms with Crippen LogP contribution in [0.3, 0.4) is 0 Å². The molecule has 2 rings (SSSR count). The molecule has 1 amide bonds. The second-order valence-corrected chi connectivity index (χ2v) is 11.1. The Kier molecular flexibility index (Phi) is 6.17. The van der Waals surface area contributed by atoms with Gasteiger partial charge >= 0.3 is 6.09 Å². The van der Waals surface area contributed by atoms with Crippen LogP contribution in [0.4, 0.5) is 4.79 Å². The molecule has 0 bridgehead atoms. The second kappa shape index (κ2) is 7.45. The average Bonchev–Trinajstić information content (AvgIpc) is 2.44. The maximum atomic E-state index is 12.3. The van der Waals surface area contributed by atoms with Crippen molar-refractivity contribution in [3.63, 3.8) is 0 Å². The van der Waals surface area contributed by atoms with Crippen molar-refractivity contribution in [3.05, 3.63) is 0 Å². The van der Waals surface area contributed by atoms with Crippen LogP contribution in [0.5, 0.6) is 0 Å². The number of nitrogens with one attached hydrogen (secondary N) is 1. The Morgan fingerprint density at radius 2 is 1.71 bits per heavy atom. The zero-order valence-electron chi connectivity index (χ0n) is 16.4. The fourth-order valence-corrected chi connectivity index (χ4v) is 4.66. The summed E-state index contributed by atoms with van der Waals surface area (Å²) in [5.41, 5.74) is -0.0560. The average molecular weight is 357 g/mol. The maximum Gasteiger partial charge on any atom is 0.410 e. The highest BCUT2D eigenvalue weighted by atomic mass is 32.2. The lowest BCUT2D eigenvalue weighted by Gasteiger charge is -2.49. The van der Waals surface area contributed by atoms with Gasteiger partial charge in [0.15, 0.2) is 0 Å². The fraction of sp³-hybridized carbons (Fsp3) is 0.947. The van der Waals surface area contributed by atoms with Gasteiger partial charge in [-0.2, -0.15) is 0 Å². The Labute approximate surface area is 152 Å². The number of hydrogen-bond donors (Lipinski definition) is 1. The lowest BCUT2D eigenvalue weighted by atomic mass is 9.65. The zero-order valence-corrected chi connectivity index (χ0v) is 17.2. The quantitative estimate of drug-likeness (QED) is 0.708. The van der Waals surface area contributed by atoms with Crippen LogP contribution in [0.25, 0.3) is 0 Å². The molecule has 1 unspecified atom stereocenters. The van der Waals surface area contributed by atoms with Crippen LogP contribution in [0.2, 0.25) is 0 Å². The van der Waals surface area contributed by atoms with E-state index < -0.39 is 5.60 Å². The monoisotopic (exact) mass is 356 g/mol. The number of piperidine rings is 1. The summed E-state index contributed by atoms with van der Waals surface area (Å²) in [5, 5.41) is 0. The van der Waals surface area contributed by atoms with Crippen LogP contribution < -0.4 is 4.72 Å². The van der Waals surface area contributed by atoms with Crippen molar-refractivity contribution in [2.24, 2.45) is 5.41 Å². The topological polar surface area (TPSA) is 41.6 Å². The van der Waals surface area contributed by atoms with E-state index in [0.717, 1.165) is 25.9 Å². The Morgan fingerprint density at radius 1 is 1.08 bits per heavy atom. The van der Waals surface area contributed by atoms with E-state index in [4.69, 9.17) is 4.74 Å². The molecule has 24 heavy (non-hydrogen) atoms. The summed E-state index contributed by atoms with van der Waals surface area (Å²) in [6.07, 6.45) is 7.22.